The monoisotopic (exact) mass is 1100 g/mol. The fourth-order valence-electron chi connectivity index (χ4n) is 14.4. The minimum atomic E-state index is -0.0733. The van der Waals surface area contributed by atoms with Crippen LogP contribution in [0.3, 0.4) is 0 Å². The van der Waals surface area contributed by atoms with Gasteiger partial charge in [0.1, 0.15) is 0 Å². The highest BCUT2D eigenvalue weighted by atomic mass is 15.2. The zero-order chi connectivity index (χ0) is 57.7. The van der Waals surface area contributed by atoms with E-state index in [1.165, 1.54) is 131 Å². The zero-order valence-electron chi connectivity index (χ0n) is 49.2. The largest absolute Gasteiger partial charge is 0.309 e. The van der Waals surface area contributed by atoms with Crippen LogP contribution in [-0.2, 0) is 10.8 Å². The summed E-state index contributed by atoms with van der Waals surface area (Å²) in [6.45, 7) is 14.0. The van der Waals surface area contributed by atoms with Gasteiger partial charge in [0.2, 0.25) is 0 Å². The fourth-order valence-corrected chi connectivity index (χ4v) is 14.4. The molecule has 0 aliphatic carbocycles. The SMILES string of the molecule is CC(C)(C)c1ccc2c(c1)c1c(N(c3ccc4ccccc4c3)c3ccccc3-c3ccccc3)ccc3c4cc5c(cc4n2c31)c1ccc(N(c2ccc3ccccc3c2)c2ccccc2-c2ccccc2)c2c3cc(C(C)(C)C)ccc3n5c12. The molecule has 0 atom stereocenters. The van der Waals surface area contributed by atoms with Crippen molar-refractivity contribution in [2.75, 3.05) is 9.80 Å². The van der Waals surface area contributed by atoms with Gasteiger partial charge in [0.15, 0.2) is 0 Å². The van der Waals surface area contributed by atoms with Crippen LogP contribution < -0.4 is 9.80 Å². The van der Waals surface area contributed by atoms with Crippen LogP contribution in [0.2, 0.25) is 0 Å². The lowest BCUT2D eigenvalue weighted by Gasteiger charge is -2.29. The standard InChI is InChI=1S/C82H62N4/c1-81(2,3)57-35-41-71-67(47-57)77-73(83(59-37-33-51-21-13-15-27-55(51)45-59)69-31-19-17-29-61(69)53-23-9-7-10-24-53)43-39-63-65-50-76-66(49-75(65)85(71)79(63)77)64-40-44-74(78-68-48-58(82(4,5)6)36-42-72(68)86(76)80(64)78)84(60-38-34-52-22-14-16-28-56(52)46-60)70-32-20-18-30-62(70)54-25-11-8-12-26-54/h7-50H,1-6H3. The molecule has 0 N–H and O–H groups in total. The molecule has 0 radical (unpaired) electrons. The van der Waals surface area contributed by atoms with E-state index >= 15 is 0 Å². The Hall–Kier alpha value is -10.4. The van der Waals surface area contributed by atoms with Crippen LogP contribution >= 0.6 is 0 Å². The Morgan fingerprint density at radius 3 is 1.07 bits per heavy atom. The molecular formula is C82H62N4. The van der Waals surface area contributed by atoms with E-state index in [0.717, 1.165) is 34.1 Å². The van der Waals surface area contributed by atoms with Crippen LogP contribution in [0, 0.1) is 0 Å². The molecule has 17 rings (SSSR count). The Balaban J connectivity index is 0.976. The Kier molecular flexibility index (Phi) is 10.8. The molecule has 17 aromatic rings. The van der Waals surface area contributed by atoms with E-state index in [9.17, 15) is 0 Å². The number of hydrogen-bond donors (Lipinski definition) is 0. The Morgan fingerprint density at radius 2 is 0.651 bits per heavy atom. The molecule has 0 saturated heterocycles. The lowest BCUT2D eigenvalue weighted by molar-refractivity contribution is 0.591. The Bertz CT molecular complexity index is 5210. The third kappa shape index (κ3) is 7.48. The summed E-state index contributed by atoms with van der Waals surface area (Å²) in [5, 5.41) is 14.8. The van der Waals surface area contributed by atoms with Crippen molar-refractivity contribution in [3.63, 3.8) is 0 Å². The van der Waals surface area contributed by atoms with Gasteiger partial charge in [0, 0.05) is 65.6 Å². The van der Waals surface area contributed by atoms with Gasteiger partial charge in [-0.25, -0.2) is 0 Å². The highest BCUT2D eigenvalue weighted by Crippen LogP contribution is 2.54. The Labute approximate surface area is 500 Å². The molecule has 0 aliphatic rings. The molecule has 4 aromatic heterocycles. The van der Waals surface area contributed by atoms with Gasteiger partial charge >= 0.3 is 0 Å². The first kappa shape index (κ1) is 50.1. The average Bonchev–Trinajstić information content (AvgIpc) is 1.53. The number of fused-ring (bicyclic) bond motifs is 14. The number of anilines is 6. The van der Waals surface area contributed by atoms with Crippen LogP contribution in [-0.4, -0.2) is 8.80 Å². The molecule has 86 heavy (non-hydrogen) atoms. The molecular weight excluding hydrogens is 1040 g/mol. The van der Waals surface area contributed by atoms with Gasteiger partial charge in [-0.1, -0.05) is 224 Å². The lowest BCUT2D eigenvalue weighted by atomic mass is 9.86. The van der Waals surface area contributed by atoms with Gasteiger partial charge in [-0.3, -0.25) is 0 Å². The summed E-state index contributed by atoms with van der Waals surface area (Å²) >= 11 is 0. The van der Waals surface area contributed by atoms with E-state index < -0.39 is 0 Å². The van der Waals surface area contributed by atoms with E-state index in [1.54, 1.807) is 0 Å². The molecule has 0 bridgehead atoms. The summed E-state index contributed by atoms with van der Waals surface area (Å²) in [5.74, 6) is 0. The quantitative estimate of drug-likeness (QED) is 0.151. The minimum Gasteiger partial charge on any atom is -0.309 e. The van der Waals surface area contributed by atoms with Gasteiger partial charge in [0.25, 0.3) is 0 Å². The highest BCUT2D eigenvalue weighted by Gasteiger charge is 2.31. The number of benzene rings is 13. The molecule has 410 valence electrons. The van der Waals surface area contributed by atoms with Crippen LogP contribution in [0.1, 0.15) is 52.7 Å². The summed E-state index contributed by atoms with van der Waals surface area (Å²) in [5.41, 5.74) is 21.3. The van der Waals surface area contributed by atoms with Crippen molar-refractivity contribution in [3.8, 4) is 22.3 Å². The van der Waals surface area contributed by atoms with Gasteiger partial charge in [0.05, 0.1) is 55.8 Å². The summed E-state index contributed by atoms with van der Waals surface area (Å²) in [6.07, 6.45) is 0. The van der Waals surface area contributed by atoms with E-state index in [4.69, 9.17) is 0 Å². The second-order valence-corrected chi connectivity index (χ2v) is 25.7. The predicted octanol–water partition coefficient (Wildman–Crippen LogP) is 23.2. The molecule has 0 amide bonds. The summed E-state index contributed by atoms with van der Waals surface area (Å²) in [6, 6.07) is 100. The summed E-state index contributed by atoms with van der Waals surface area (Å²) < 4.78 is 5.20. The van der Waals surface area contributed by atoms with Crippen molar-refractivity contribution < 1.29 is 0 Å². The van der Waals surface area contributed by atoms with Crippen molar-refractivity contribution in [1.29, 1.82) is 0 Å². The van der Waals surface area contributed by atoms with Crippen molar-refractivity contribution in [2.45, 2.75) is 52.4 Å². The second-order valence-electron chi connectivity index (χ2n) is 25.7. The summed E-state index contributed by atoms with van der Waals surface area (Å²) in [7, 11) is 0. The Morgan fingerprint density at radius 1 is 0.267 bits per heavy atom. The van der Waals surface area contributed by atoms with Crippen LogP contribution in [0.15, 0.2) is 267 Å². The van der Waals surface area contributed by atoms with E-state index in [2.05, 4.69) is 327 Å². The molecule has 0 unspecified atom stereocenters. The zero-order valence-corrected chi connectivity index (χ0v) is 49.2. The normalized spacial score (nSPS) is 12.5. The van der Waals surface area contributed by atoms with Gasteiger partial charge in [-0.05, 0) is 140 Å². The van der Waals surface area contributed by atoms with Crippen LogP contribution in [0.25, 0.3) is 120 Å². The average molecular weight is 1100 g/mol. The maximum absolute atomic E-state index is 2.60. The number of rotatable bonds is 8. The molecule has 13 aromatic carbocycles. The smallest absolute Gasteiger partial charge is 0.0641 e. The highest BCUT2D eigenvalue weighted by molar-refractivity contribution is 6.32. The number of hydrogen-bond acceptors (Lipinski definition) is 2. The first-order valence-corrected chi connectivity index (χ1v) is 30.2. The molecule has 0 fully saturated rings. The predicted molar refractivity (Wildman–Crippen MR) is 368 cm³/mol. The van der Waals surface area contributed by atoms with Crippen LogP contribution in [0.4, 0.5) is 34.1 Å². The van der Waals surface area contributed by atoms with E-state index in [1.807, 2.05) is 0 Å². The summed E-state index contributed by atoms with van der Waals surface area (Å²) in [4.78, 5) is 5.07. The number of nitrogens with zero attached hydrogens (tertiary/aromatic N) is 4. The molecule has 0 spiro atoms. The van der Waals surface area contributed by atoms with Gasteiger partial charge in [-0.2, -0.15) is 0 Å². The van der Waals surface area contributed by atoms with Crippen molar-refractivity contribution in [3.05, 3.63) is 278 Å². The van der Waals surface area contributed by atoms with Crippen molar-refractivity contribution in [2.24, 2.45) is 0 Å². The van der Waals surface area contributed by atoms with Crippen molar-refractivity contribution in [1.82, 2.24) is 8.80 Å². The first-order valence-electron chi connectivity index (χ1n) is 30.2. The van der Waals surface area contributed by atoms with Gasteiger partial charge < -0.3 is 18.6 Å². The van der Waals surface area contributed by atoms with Crippen molar-refractivity contribution >= 4 is 132 Å². The maximum Gasteiger partial charge on any atom is 0.0641 e. The molecule has 4 heteroatoms. The fraction of sp³-hybridized carbons (Fsp3) is 0.0976. The molecule has 0 saturated carbocycles. The first-order chi connectivity index (χ1) is 41.9. The maximum atomic E-state index is 2.60. The number of aromatic nitrogens is 2. The van der Waals surface area contributed by atoms with Gasteiger partial charge in [-0.15, -0.1) is 0 Å². The number of para-hydroxylation sites is 2. The molecule has 0 aliphatic heterocycles. The van der Waals surface area contributed by atoms with Crippen LogP contribution in [0.5, 0.6) is 0 Å². The molecule has 4 heterocycles. The van der Waals surface area contributed by atoms with E-state index in [0.29, 0.717) is 0 Å². The third-order valence-corrected chi connectivity index (χ3v) is 18.6. The van der Waals surface area contributed by atoms with E-state index in [-0.39, 0.29) is 10.8 Å². The third-order valence-electron chi connectivity index (χ3n) is 18.6. The minimum absolute atomic E-state index is 0.0733. The second kappa shape index (κ2) is 18.5. The molecule has 4 nitrogen and oxygen atoms in total. The topological polar surface area (TPSA) is 15.3 Å². The lowest BCUT2D eigenvalue weighted by Crippen LogP contribution is -2.12.